The summed E-state index contributed by atoms with van der Waals surface area (Å²) >= 11 is 0. The van der Waals surface area contributed by atoms with Crippen LogP contribution < -0.4 is 21.3 Å². The second-order valence-corrected chi connectivity index (χ2v) is 11.6. The molecule has 5 rings (SSSR count). The van der Waals surface area contributed by atoms with Gasteiger partial charge in [-0.25, -0.2) is 8.42 Å². The zero-order chi connectivity index (χ0) is 27.1. The molecule has 1 saturated heterocycles. The minimum absolute atomic E-state index is 0.0402. The summed E-state index contributed by atoms with van der Waals surface area (Å²) in [5.74, 6) is 0.0338. The summed E-state index contributed by atoms with van der Waals surface area (Å²) in [7, 11) is -3.74. The summed E-state index contributed by atoms with van der Waals surface area (Å²) < 4.78 is 72.2. The average Bonchev–Trinajstić information content (AvgIpc) is 3.31. The molecule has 1 saturated carbocycles. The molecule has 3 heterocycles. The molecular formula is C23H29F3N8O3S. The number of aromatic nitrogens is 4. The largest absolute Gasteiger partial charge is 0.418 e. The maximum absolute atomic E-state index is 14.1. The van der Waals surface area contributed by atoms with Gasteiger partial charge in [0.05, 0.1) is 24.5 Å². The highest BCUT2D eigenvalue weighted by Crippen LogP contribution is 2.39. The maximum Gasteiger partial charge on any atom is 0.418 e. The first-order chi connectivity index (χ1) is 18.0. The lowest BCUT2D eigenvalue weighted by Crippen LogP contribution is -2.36. The third kappa shape index (κ3) is 5.63. The number of fused-ring (bicyclic) bond motifs is 1. The van der Waals surface area contributed by atoms with Crippen LogP contribution in [-0.4, -0.2) is 73.2 Å². The maximum atomic E-state index is 14.1. The molecule has 1 aromatic carbocycles. The van der Waals surface area contributed by atoms with Gasteiger partial charge in [0.1, 0.15) is 11.2 Å². The quantitative estimate of drug-likeness (QED) is 0.358. The molecule has 5 N–H and O–H groups in total. The van der Waals surface area contributed by atoms with Crippen molar-refractivity contribution in [3.8, 4) is 0 Å². The van der Waals surface area contributed by atoms with Crippen molar-refractivity contribution < 1.29 is 26.3 Å². The molecule has 11 nitrogen and oxygen atoms in total. The van der Waals surface area contributed by atoms with Crippen LogP contribution in [0, 0.1) is 0 Å². The Hall–Kier alpha value is -3.17. The number of rotatable bonds is 6. The van der Waals surface area contributed by atoms with E-state index in [4.69, 9.17) is 10.5 Å². The predicted octanol–water partition coefficient (Wildman–Crippen LogP) is 3.04. The number of morpholine rings is 1. The molecule has 0 atom stereocenters. The number of halogens is 3. The van der Waals surface area contributed by atoms with Crippen molar-refractivity contribution in [3.63, 3.8) is 0 Å². The fourth-order valence-electron chi connectivity index (χ4n) is 4.80. The van der Waals surface area contributed by atoms with Crippen LogP contribution in [0.5, 0.6) is 0 Å². The number of nitrogens with one attached hydrogen (secondary N) is 3. The lowest BCUT2D eigenvalue weighted by Gasteiger charge is -2.29. The predicted molar refractivity (Wildman–Crippen MR) is 136 cm³/mol. The highest BCUT2D eigenvalue weighted by atomic mass is 32.2. The molecule has 0 radical (unpaired) electrons. The van der Waals surface area contributed by atoms with Crippen LogP contribution in [0.15, 0.2) is 23.2 Å². The number of H-pyrrole nitrogens is 1. The van der Waals surface area contributed by atoms with Crippen LogP contribution in [0.25, 0.3) is 11.0 Å². The van der Waals surface area contributed by atoms with Gasteiger partial charge in [-0.05, 0) is 43.9 Å². The van der Waals surface area contributed by atoms with Crippen LogP contribution >= 0.6 is 0 Å². The SMILES string of the molecule is CS(=O)(=O)c1n[nH]c2nc(Nc3ccc(N4CCOCC4)cc3C(F)(F)F)nc(N[C@H]3CC[C@@H](N)CC3)c12. The van der Waals surface area contributed by atoms with Gasteiger partial charge in [0.25, 0.3) is 0 Å². The molecular weight excluding hydrogens is 525 g/mol. The van der Waals surface area contributed by atoms with Crippen molar-refractivity contribution in [1.29, 1.82) is 0 Å². The third-order valence-corrected chi connectivity index (χ3v) is 7.78. The summed E-state index contributed by atoms with van der Waals surface area (Å²) in [6.45, 7) is 1.87. The normalized spacial score (nSPS) is 21.0. The van der Waals surface area contributed by atoms with E-state index in [0.29, 0.717) is 32.0 Å². The zero-order valence-electron chi connectivity index (χ0n) is 20.7. The Balaban J connectivity index is 1.53. The molecule has 2 aliphatic rings. The lowest BCUT2D eigenvalue weighted by molar-refractivity contribution is -0.136. The number of nitrogens with two attached hydrogens (primary N) is 1. The summed E-state index contributed by atoms with van der Waals surface area (Å²) in [6, 6.07) is 4.09. The Labute approximate surface area is 217 Å². The molecule has 15 heteroatoms. The number of ether oxygens (including phenoxy) is 1. The van der Waals surface area contributed by atoms with E-state index in [1.165, 1.54) is 6.07 Å². The van der Waals surface area contributed by atoms with Gasteiger partial charge in [0.2, 0.25) is 5.95 Å². The monoisotopic (exact) mass is 554 g/mol. The van der Waals surface area contributed by atoms with E-state index in [2.05, 4.69) is 30.8 Å². The number of alkyl halides is 3. The van der Waals surface area contributed by atoms with E-state index in [-0.39, 0.29) is 45.6 Å². The topological polar surface area (TPSA) is 151 Å². The summed E-state index contributed by atoms with van der Waals surface area (Å²) in [5, 5.41) is 12.4. The lowest BCUT2D eigenvalue weighted by atomic mass is 9.92. The minimum Gasteiger partial charge on any atom is -0.378 e. The minimum atomic E-state index is -4.64. The number of benzene rings is 1. The van der Waals surface area contributed by atoms with Crippen LogP contribution in [0.1, 0.15) is 31.2 Å². The Bertz CT molecular complexity index is 1420. The average molecular weight is 555 g/mol. The van der Waals surface area contributed by atoms with Gasteiger partial charge in [0.15, 0.2) is 20.5 Å². The highest BCUT2D eigenvalue weighted by Gasteiger charge is 2.35. The van der Waals surface area contributed by atoms with Crippen molar-refractivity contribution >= 4 is 44.0 Å². The number of nitrogens with zero attached hydrogens (tertiary/aromatic N) is 4. The van der Waals surface area contributed by atoms with Gasteiger partial charge < -0.3 is 26.0 Å². The van der Waals surface area contributed by atoms with Gasteiger partial charge in [-0.1, -0.05) is 0 Å². The summed E-state index contributed by atoms with van der Waals surface area (Å²) in [6.07, 6.45) is -0.582. The van der Waals surface area contributed by atoms with Crippen LogP contribution in [0.2, 0.25) is 0 Å². The molecule has 206 valence electrons. The van der Waals surface area contributed by atoms with Gasteiger partial charge in [0, 0.05) is 37.1 Å². The van der Waals surface area contributed by atoms with Crippen LogP contribution in [0.3, 0.4) is 0 Å². The molecule has 0 spiro atoms. The Morgan fingerprint density at radius 2 is 1.84 bits per heavy atom. The van der Waals surface area contributed by atoms with Gasteiger partial charge in [-0.2, -0.15) is 28.2 Å². The fourth-order valence-corrected chi connectivity index (χ4v) is 5.58. The Morgan fingerprint density at radius 3 is 2.50 bits per heavy atom. The van der Waals surface area contributed by atoms with Crippen LogP contribution in [-0.2, 0) is 20.8 Å². The number of anilines is 4. The molecule has 0 amide bonds. The van der Waals surface area contributed by atoms with E-state index in [9.17, 15) is 21.6 Å². The third-order valence-electron chi connectivity index (χ3n) is 6.78. The number of hydrogen-bond donors (Lipinski definition) is 4. The molecule has 38 heavy (non-hydrogen) atoms. The molecule has 0 bridgehead atoms. The van der Waals surface area contributed by atoms with Crippen LogP contribution in [0.4, 0.5) is 36.3 Å². The molecule has 1 aliphatic carbocycles. The van der Waals surface area contributed by atoms with Gasteiger partial charge in [-0.3, -0.25) is 5.10 Å². The molecule has 1 aliphatic heterocycles. The molecule has 2 fully saturated rings. The second kappa shape index (κ2) is 10.2. The smallest absolute Gasteiger partial charge is 0.378 e. The Morgan fingerprint density at radius 1 is 1.13 bits per heavy atom. The van der Waals surface area contributed by atoms with Crippen molar-refractivity contribution in [2.24, 2.45) is 5.73 Å². The first-order valence-corrected chi connectivity index (χ1v) is 14.2. The molecule has 3 aromatic rings. The first kappa shape index (κ1) is 26.4. The summed E-state index contributed by atoms with van der Waals surface area (Å²) in [4.78, 5) is 10.5. The van der Waals surface area contributed by atoms with E-state index in [0.717, 1.165) is 38.0 Å². The Kier molecular flexibility index (Phi) is 7.09. The van der Waals surface area contributed by atoms with E-state index < -0.39 is 21.6 Å². The number of hydrogen-bond acceptors (Lipinski definition) is 10. The number of aromatic amines is 1. The van der Waals surface area contributed by atoms with E-state index in [1.807, 2.05) is 4.90 Å². The summed E-state index contributed by atoms with van der Waals surface area (Å²) in [5.41, 5.74) is 5.42. The van der Waals surface area contributed by atoms with E-state index >= 15 is 0 Å². The van der Waals surface area contributed by atoms with Crippen molar-refractivity contribution in [1.82, 2.24) is 20.2 Å². The molecule has 0 unspecified atom stereocenters. The fraction of sp³-hybridized carbons (Fsp3) is 0.522. The van der Waals surface area contributed by atoms with Gasteiger partial charge in [-0.15, -0.1) is 0 Å². The van der Waals surface area contributed by atoms with Gasteiger partial charge >= 0.3 is 6.18 Å². The first-order valence-electron chi connectivity index (χ1n) is 12.3. The molecule has 2 aromatic heterocycles. The number of sulfone groups is 1. The highest BCUT2D eigenvalue weighted by molar-refractivity contribution is 7.90. The van der Waals surface area contributed by atoms with Crippen molar-refractivity contribution in [2.75, 3.05) is 48.1 Å². The van der Waals surface area contributed by atoms with E-state index in [1.54, 1.807) is 6.07 Å². The standard InChI is InChI=1S/C23H29F3N8O3S/c1-38(35,36)21-18-19(28-14-4-2-13(27)3-5-14)30-22(31-20(18)32-33-21)29-17-7-6-15(12-16(17)23(24,25)26)34-8-10-37-11-9-34/h6-7,12-14H,2-5,8-11,27H2,1H3,(H3,28,29,30,31,32,33)/t13-,14+. The van der Waals surface area contributed by atoms with Crippen molar-refractivity contribution in [3.05, 3.63) is 23.8 Å². The van der Waals surface area contributed by atoms with Crippen molar-refractivity contribution in [2.45, 2.75) is 49.0 Å². The second-order valence-electron chi connectivity index (χ2n) is 9.63. The zero-order valence-corrected chi connectivity index (χ0v) is 21.5.